The van der Waals surface area contributed by atoms with Crippen molar-refractivity contribution in [3.63, 3.8) is 0 Å². The normalized spacial score (nSPS) is 32.6. The highest BCUT2D eigenvalue weighted by atomic mass is 35.5. The van der Waals surface area contributed by atoms with Gasteiger partial charge in [-0.2, -0.15) is 0 Å². The second-order valence-corrected chi connectivity index (χ2v) is 2.90. The van der Waals surface area contributed by atoms with Gasteiger partial charge in [-0.05, 0) is 19.8 Å². The van der Waals surface area contributed by atoms with E-state index in [4.69, 9.17) is 16.3 Å². The van der Waals surface area contributed by atoms with Crippen LogP contribution in [0.4, 0.5) is 0 Å². The SMILES string of the molecule is CC(=O)C1CCC(CCl)O1. The Morgan fingerprint density at radius 3 is 2.70 bits per heavy atom. The predicted octanol–water partition coefficient (Wildman–Crippen LogP) is 1.36. The van der Waals surface area contributed by atoms with Crippen molar-refractivity contribution in [2.75, 3.05) is 5.88 Å². The number of hydrogen-bond acceptors (Lipinski definition) is 2. The van der Waals surface area contributed by atoms with Crippen LogP contribution in [0.1, 0.15) is 19.8 Å². The van der Waals surface area contributed by atoms with Gasteiger partial charge >= 0.3 is 0 Å². The van der Waals surface area contributed by atoms with Crippen LogP contribution in [0, 0.1) is 0 Å². The summed E-state index contributed by atoms with van der Waals surface area (Å²) < 4.78 is 5.29. The first-order chi connectivity index (χ1) is 4.74. The van der Waals surface area contributed by atoms with Crippen LogP contribution in [0.3, 0.4) is 0 Å². The molecule has 0 aromatic carbocycles. The second kappa shape index (κ2) is 3.35. The van der Waals surface area contributed by atoms with Gasteiger partial charge in [0.25, 0.3) is 0 Å². The quantitative estimate of drug-likeness (QED) is 0.574. The first-order valence-corrected chi connectivity index (χ1v) is 3.99. The number of carbonyl (C=O) groups is 1. The summed E-state index contributed by atoms with van der Waals surface area (Å²) in [6.45, 7) is 1.56. The van der Waals surface area contributed by atoms with E-state index in [1.165, 1.54) is 0 Å². The molecule has 0 aromatic rings. The summed E-state index contributed by atoms with van der Waals surface area (Å²) in [6.07, 6.45) is 1.69. The van der Waals surface area contributed by atoms with E-state index in [1.54, 1.807) is 6.92 Å². The molecule has 0 amide bonds. The average molecular weight is 163 g/mol. The Kier molecular flexibility index (Phi) is 2.69. The monoisotopic (exact) mass is 162 g/mol. The van der Waals surface area contributed by atoms with Crippen LogP contribution in [0.25, 0.3) is 0 Å². The second-order valence-electron chi connectivity index (χ2n) is 2.59. The summed E-state index contributed by atoms with van der Waals surface area (Å²) in [4.78, 5) is 10.7. The minimum Gasteiger partial charge on any atom is -0.366 e. The summed E-state index contributed by atoms with van der Waals surface area (Å²) in [5.74, 6) is 0.622. The lowest BCUT2D eigenvalue weighted by atomic mass is 10.1. The van der Waals surface area contributed by atoms with Crippen LogP contribution < -0.4 is 0 Å². The fourth-order valence-electron chi connectivity index (χ4n) is 1.12. The van der Waals surface area contributed by atoms with E-state index in [2.05, 4.69) is 0 Å². The van der Waals surface area contributed by atoms with Gasteiger partial charge in [0.2, 0.25) is 0 Å². The van der Waals surface area contributed by atoms with Gasteiger partial charge in [-0.25, -0.2) is 0 Å². The molecule has 1 aliphatic heterocycles. The smallest absolute Gasteiger partial charge is 0.158 e. The maximum atomic E-state index is 10.7. The molecule has 0 N–H and O–H groups in total. The van der Waals surface area contributed by atoms with Crippen molar-refractivity contribution < 1.29 is 9.53 Å². The minimum absolute atomic E-state index is 0.107. The van der Waals surface area contributed by atoms with Crippen LogP contribution in [-0.2, 0) is 9.53 Å². The van der Waals surface area contributed by atoms with E-state index in [0.29, 0.717) is 5.88 Å². The van der Waals surface area contributed by atoms with Crippen molar-refractivity contribution in [1.82, 2.24) is 0 Å². The number of carbonyl (C=O) groups excluding carboxylic acids is 1. The van der Waals surface area contributed by atoms with E-state index in [9.17, 15) is 4.79 Å². The van der Waals surface area contributed by atoms with Crippen LogP contribution in [0.2, 0.25) is 0 Å². The van der Waals surface area contributed by atoms with E-state index < -0.39 is 0 Å². The maximum Gasteiger partial charge on any atom is 0.158 e. The van der Waals surface area contributed by atoms with Gasteiger partial charge in [0.15, 0.2) is 5.78 Å². The van der Waals surface area contributed by atoms with Gasteiger partial charge in [-0.3, -0.25) is 4.79 Å². The third kappa shape index (κ3) is 1.70. The molecule has 1 rings (SSSR count). The topological polar surface area (TPSA) is 26.3 Å². The molecule has 2 unspecified atom stereocenters. The lowest BCUT2D eigenvalue weighted by Gasteiger charge is -2.07. The van der Waals surface area contributed by atoms with E-state index in [0.717, 1.165) is 12.8 Å². The Morgan fingerprint density at radius 1 is 1.70 bits per heavy atom. The van der Waals surface area contributed by atoms with Gasteiger partial charge in [0, 0.05) is 5.88 Å². The summed E-state index contributed by atoms with van der Waals surface area (Å²) in [5.41, 5.74) is 0. The first kappa shape index (κ1) is 8.02. The molecule has 10 heavy (non-hydrogen) atoms. The molecule has 0 radical (unpaired) electrons. The van der Waals surface area contributed by atoms with Crippen molar-refractivity contribution >= 4 is 17.4 Å². The molecule has 0 aliphatic carbocycles. The Balaban J connectivity index is 2.35. The number of Topliss-reactive ketones (excluding diaryl/α,β-unsaturated/α-hetero) is 1. The molecule has 1 aliphatic rings. The molecule has 0 saturated carbocycles. The van der Waals surface area contributed by atoms with Crippen LogP contribution >= 0.6 is 11.6 Å². The molecular weight excluding hydrogens is 152 g/mol. The largest absolute Gasteiger partial charge is 0.366 e. The molecule has 2 nitrogen and oxygen atoms in total. The molecule has 1 fully saturated rings. The fraction of sp³-hybridized carbons (Fsp3) is 0.857. The third-order valence-corrected chi connectivity index (χ3v) is 2.08. The summed E-state index contributed by atoms with van der Waals surface area (Å²) in [6, 6.07) is 0. The Hall–Kier alpha value is -0.0800. The van der Waals surface area contributed by atoms with Crippen LogP contribution in [-0.4, -0.2) is 23.9 Å². The summed E-state index contributed by atoms with van der Waals surface area (Å²) in [7, 11) is 0. The zero-order valence-corrected chi connectivity index (χ0v) is 6.73. The fourth-order valence-corrected chi connectivity index (χ4v) is 1.35. The molecule has 0 bridgehead atoms. The number of rotatable bonds is 2. The van der Waals surface area contributed by atoms with E-state index in [1.807, 2.05) is 0 Å². The molecule has 0 aromatic heterocycles. The highest BCUT2D eigenvalue weighted by Gasteiger charge is 2.27. The molecule has 2 atom stereocenters. The highest BCUT2D eigenvalue weighted by molar-refractivity contribution is 6.18. The van der Waals surface area contributed by atoms with Crippen LogP contribution in [0.15, 0.2) is 0 Å². The molecule has 0 spiro atoms. The first-order valence-electron chi connectivity index (χ1n) is 3.46. The summed E-state index contributed by atoms with van der Waals surface area (Å²) in [5, 5.41) is 0. The average Bonchev–Trinajstić information content (AvgIpc) is 2.34. The van der Waals surface area contributed by atoms with E-state index >= 15 is 0 Å². The van der Waals surface area contributed by atoms with E-state index in [-0.39, 0.29) is 18.0 Å². The van der Waals surface area contributed by atoms with Crippen molar-refractivity contribution in [2.45, 2.75) is 32.0 Å². The van der Waals surface area contributed by atoms with Crippen molar-refractivity contribution in [2.24, 2.45) is 0 Å². The van der Waals surface area contributed by atoms with Crippen molar-refractivity contribution in [1.29, 1.82) is 0 Å². The van der Waals surface area contributed by atoms with Gasteiger partial charge < -0.3 is 4.74 Å². The molecule has 58 valence electrons. The van der Waals surface area contributed by atoms with Gasteiger partial charge in [-0.1, -0.05) is 0 Å². The van der Waals surface area contributed by atoms with Gasteiger partial charge in [-0.15, -0.1) is 11.6 Å². The third-order valence-electron chi connectivity index (χ3n) is 1.73. The Labute approximate surface area is 65.5 Å². The number of alkyl halides is 1. The Bertz CT molecular complexity index is 136. The number of hydrogen-bond donors (Lipinski definition) is 0. The molecule has 1 heterocycles. The zero-order chi connectivity index (χ0) is 7.56. The Morgan fingerprint density at radius 2 is 2.40 bits per heavy atom. The standard InChI is InChI=1S/C7H11ClO2/c1-5(9)7-3-2-6(4-8)10-7/h6-7H,2-4H2,1H3. The van der Waals surface area contributed by atoms with Crippen LogP contribution in [0.5, 0.6) is 0 Å². The molecule has 1 saturated heterocycles. The lowest BCUT2D eigenvalue weighted by molar-refractivity contribution is -0.127. The molecule has 3 heteroatoms. The summed E-state index contributed by atoms with van der Waals surface area (Å²) >= 11 is 5.54. The van der Waals surface area contributed by atoms with Gasteiger partial charge in [0.1, 0.15) is 6.10 Å². The zero-order valence-electron chi connectivity index (χ0n) is 5.97. The van der Waals surface area contributed by atoms with Gasteiger partial charge in [0.05, 0.1) is 6.10 Å². The number of ether oxygens (including phenoxy) is 1. The van der Waals surface area contributed by atoms with Crippen molar-refractivity contribution in [3.05, 3.63) is 0 Å². The maximum absolute atomic E-state index is 10.7. The number of ketones is 1. The molecular formula is C7H11ClO2. The predicted molar refractivity (Wildman–Crippen MR) is 39.3 cm³/mol. The van der Waals surface area contributed by atoms with Crippen molar-refractivity contribution in [3.8, 4) is 0 Å². The number of halogens is 1. The highest BCUT2D eigenvalue weighted by Crippen LogP contribution is 2.20. The minimum atomic E-state index is -0.177. The lowest BCUT2D eigenvalue weighted by Crippen LogP contribution is -2.18.